The van der Waals surface area contributed by atoms with Crippen molar-refractivity contribution in [1.29, 1.82) is 0 Å². The second-order valence-electron chi connectivity index (χ2n) is 9.48. The predicted molar refractivity (Wildman–Crippen MR) is 138 cm³/mol. The van der Waals surface area contributed by atoms with Gasteiger partial charge in [-0.05, 0) is 45.1 Å². The van der Waals surface area contributed by atoms with Crippen molar-refractivity contribution in [2.75, 3.05) is 13.1 Å². The van der Waals surface area contributed by atoms with Crippen molar-refractivity contribution < 1.29 is 53.3 Å². The summed E-state index contributed by atoms with van der Waals surface area (Å²) in [5.41, 5.74) is 16.9. The number of carboxylic acid groups (broad SMARTS) is 2. The summed E-state index contributed by atoms with van der Waals surface area (Å²) >= 11 is 0. The zero-order valence-electron chi connectivity index (χ0n) is 22.5. The van der Waals surface area contributed by atoms with Crippen molar-refractivity contribution >= 4 is 47.5 Å². The summed E-state index contributed by atoms with van der Waals surface area (Å²) in [5.74, 6) is -7.72. The molecule has 0 bridgehead atoms. The molecular formula is C24H38N6O11. The summed E-state index contributed by atoms with van der Waals surface area (Å²) in [7, 11) is 0. The lowest BCUT2D eigenvalue weighted by molar-refractivity contribution is -0.161. The van der Waals surface area contributed by atoms with Crippen molar-refractivity contribution in [2.24, 2.45) is 17.2 Å². The van der Waals surface area contributed by atoms with E-state index in [1.165, 1.54) is 0 Å². The Morgan fingerprint density at radius 1 is 0.976 bits per heavy atom. The van der Waals surface area contributed by atoms with Gasteiger partial charge in [0.25, 0.3) is 0 Å². The minimum absolute atomic E-state index is 0.109. The number of carbonyl (C=O) groups excluding carboxylic acids is 6. The lowest BCUT2D eigenvalue weighted by atomic mass is 10.1. The van der Waals surface area contributed by atoms with Crippen LogP contribution in [0.3, 0.4) is 0 Å². The second-order valence-corrected chi connectivity index (χ2v) is 9.48. The topological polar surface area (TPSA) is 292 Å². The molecule has 1 fully saturated rings. The molecule has 1 saturated heterocycles. The maximum absolute atomic E-state index is 13.0. The maximum Gasteiger partial charge on any atom is 0.336 e. The van der Waals surface area contributed by atoms with Crippen LogP contribution >= 0.6 is 0 Å². The van der Waals surface area contributed by atoms with Crippen LogP contribution in [0.25, 0.3) is 0 Å². The van der Waals surface area contributed by atoms with Crippen LogP contribution in [0.1, 0.15) is 64.2 Å². The Bertz CT molecular complexity index is 1000. The maximum atomic E-state index is 13.0. The van der Waals surface area contributed by atoms with Crippen molar-refractivity contribution in [3.8, 4) is 0 Å². The average Bonchev–Trinajstić information content (AvgIpc) is 3.34. The highest BCUT2D eigenvalue weighted by Crippen LogP contribution is 2.11. The third kappa shape index (κ3) is 12.8. The molecule has 1 heterocycles. The lowest BCUT2D eigenvalue weighted by Crippen LogP contribution is -2.53. The third-order valence-electron chi connectivity index (χ3n) is 6.08. The first-order valence-corrected chi connectivity index (χ1v) is 13.1. The molecule has 230 valence electrons. The highest BCUT2D eigenvalue weighted by molar-refractivity contribution is 6.01. The molecule has 4 amide bonds. The van der Waals surface area contributed by atoms with E-state index in [2.05, 4.69) is 15.4 Å². The number of unbranched alkanes of at least 4 members (excludes halogenated alkanes) is 1. The molecule has 0 aliphatic carbocycles. The normalized spacial score (nSPS) is 16.6. The number of nitrogens with one attached hydrogen (secondary N) is 2. The highest BCUT2D eigenvalue weighted by Gasteiger charge is 2.33. The number of imide groups is 1. The molecule has 0 aromatic rings. The van der Waals surface area contributed by atoms with Crippen LogP contribution in [-0.2, 0) is 43.1 Å². The number of hydrogen-bond donors (Lipinski definition) is 7. The number of hydrogen-bond acceptors (Lipinski definition) is 12. The minimum Gasteiger partial charge on any atom is -0.481 e. The van der Waals surface area contributed by atoms with E-state index < -0.39 is 85.2 Å². The molecular weight excluding hydrogens is 548 g/mol. The second kappa shape index (κ2) is 17.7. The number of carboxylic acids is 2. The fourth-order valence-electron chi connectivity index (χ4n) is 3.84. The van der Waals surface area contributed by atoms with Crippen LogP contribution in [0, 0.1) is 0 Å². The van der Waals surface area contributed by atoms with E-state index in [-0.39, 0.29) is 44.4 Å². The van der Waals surface area contributed by atoms with Gasteiger partial charge in [0.1, 0.15) is 12.1 Å². The van der Waals surface area contributed by atoms with Crippen LogP contribution in [0.15, 0.2) is 0 Å². The van der Waals surface area contributed by atoms with Gasteiger partial charge in [-0.25, -0.2) is 9.59 Å². The number of aliphatic carboxylic acids is 2. The van der Waals surface area contributed by atoms with Gasteiger partial charge in [0.15, 0.2) is 0 Å². The molecule has 1 aliphatic heterocycles. The molecule has 17 heteroatoms. The highest BCUT2D eigenvalue weighted by atomic mass is 16.6. The Balaban J connectivity index is 2.75. The van der Waals surface area contributed by atoms with Gasteiger partial charge in [-0.3, -0.25) is 33.7 Å². The van der Waals surface area contributed by atoms with E-state index >= 15 is 0 Å². The van der Waals surface area contributed by atoms with Gasteiger partial charge in [0.05, 0.1) is 18.5 Å². The number of nitrogens with two attached hydrogens (primary N) is 3. The lowest BCUT2D eigenvalue weighted by Gasteiger charge is -2.26. The van der Waals surface area contributed by atoms with Crippen LogP contribution in [-0.4, -0.2) is 99.9 Å². The van der Waals surface area contributed by atoms with E-state index in [1.54, 1.807) is 0 Å². The molecule has 0 radical (unpaired) electrons. The van der Waals surface area contributed by atoms with Crippen LogP contribution in [0.5, 0.6) is 0 Å². The Labute approximate surface area is 235 Å². The van der Waals surface area contributed by atoms with Crippen LogP contribution in [0.4, 0.5) is 0 Å². The first-order chi connectivity index (χ1) is 19.3. The Hall–Kier alpha value is -3.96. The van der Waals surface area contributed by atoms with E-state index in [0.29, 0.717) is 24.3 Å². The Morgan fingerprint density at radius 3 is 2.20 bits per heavy atom. The van der Waals surface area contributed by atoms with Gasteiger partial charge >= 0.3 is 23.9 Å². The number of ether oxygens (including phenoxy) is 1. The first-order valence-electron chi connectivity index (χ1n) is 13.1. The van der Waals surface area contributed by atoms with Crippen molar-refractivity contribution in [3.05, 3.63) is 0 Å². The number of rotatable bonds is 18. The summed E-state index contributed by atoms with van der Waals surface area (Å²) in [4.78, 5) is 96.2. The SMILES string of the molecule is NCCCC[C@H](NC(=O)CCCN(C(=O)[C@@H](N)CCC(=O)OC(=O)[C@@H]1CCC(=O)N1)C(=O)[C@@H](N)CC(=O)O)C(=O)O. The minimum atomic E-state index is -1.61. The standard InChI is InChI=1S/C24H38N6O11/c25-10-2-1-4-15(23(38)39)28-17(31)5-3-11-30(22(37)14(27)12-19(33)34)21(36)13(26)6-9-20(35)41-24(40)16-7-8-18(32)29-16/h13-16H,1-12,25-27H2,(H,28,31)(H,29,32)(H,33,34)(H,38,39)/t13-,14-,15-,16-/m0/s1. The quantitative estimate of drug-likeness (QED) is 0.0481. The molecule has 0 saturated carbocycles. The van der Waals surface area contributed by atoms with Crippen molar-refractivity contribution in [3.63, 3.8) is 0 Å². The van der Waals surface area contributed by atoms with Gasteiger partial charge in [-0.2, -0.15) is 0 Å². The summed E-state index contributed by atoms with van der Waals surface area (Å²) in [6.07, 6.45) is -0.586. The number of amides is 4. The molecule has 10 N–H and O–H groups in total. The van der Waals surface area contributed by atoms with Gasteiger partial charge in [0.2, 0.25) is 23.6 Å². The molecule has 4 atom stereocenters. The Morgan fingerprint density at radius 2 is 1.63 bits per heavy atom. The molecule has 1 rings (SSSR count). The first kappa shape index (κ1) is 35.1. The molecule has 0 aromatic carbocycles. The fraction of sp³-hybridized carbons (Fsp3) is 0.667. The summed E-state index contributed by atoms with van der Waals surface area (Å²) in [6, 6.07) is -5.18. The van der Waals surface area contributed by atoms with E-state index in [1.807, 2.05) is 0 Å². The van der Waals surface area contributed by atoms with E-state index in [0.717, 1.165) is 0 Å². The molecule has 0 aromatic heterocycles. The summed E-state index contributed by atoms with van der Waals surface area (Å²) in [6.45, 7) is -0.0366. The molecule has 1 aliphatic rings. The predicted octanol–water partition coefficient (Wildman–Crippen LogP) is -2.92. The third-order valence-corrected chi connectivity index (χ3v) is 6.08. The van der Waals surface area contributed by atoms with E-state index in [4.69, 9.17) is 22.3 Å². The average molecular weight is 587 g/mol. The van der Waals surface area contributed by atoms with Crippen molar-refractivity contribution in [2.45, 2.75) is 88.4 Å². The van der Waals surface area contributed by atoms with Crippen LogP contribution in [0.2, 0.25) is 0 Å². The summed E-state index contributed by atoms with van der Waals surface area (Å²) < 4.78 is 4.66. The smallest absolute Gasteiger partial charge is 0.336 e. The summed E-state index contributed by atoms with van der Waals surface area (Å²) in [5, 5.41) is 22.9. The van der Waals surface area contributed by atoms with Crippen molar-refractivity contribution in [1.82, 2.24) is 15.5 Å². The molecule has 17 nitrogen and oxygen atoms in total. The van der Waals surface area contributed by atoms with E-state index in [9.17, 15) is 43.5 Å². The molecule has 41 heavy (non-hydrogen) atoms. The molecule has 0 spiro atoms. The largest absolute Gasteiger partial charge is 0.481 e. The molecule has 0 unspecified atom stereocenters. The Kier molecular flexibility index (Phi) is 15.1. The number of carbonyl (C=O) groups is 8. The zero-order chi connectivity index (χ0) is 31.1. The van der Waals surface area contributed by atoms with Crippen LogP contribution < -0.4 is 27.8 Å². The number of esters is 2. The monoisotopic (exact) mass is 586 g/mol. The van der Waals surface area contributed by atoms with Gasteiger partial charge in [-0.15, -0.1) is 0 Å². The van der Waals surface area contributed by atoms with Gasteiger partial charge in [-0.1, -0.05) is 0 Å². The fourth-order valence-corrected chi connectivity index (χ4v) is 3.84. The van der Waals surface area contributed by atoms with Gasteiger partial charge in [0, 0.05) is 25.8 Å². The zero-order valence-corrected chi connectivity index (χ0v) is 22.5. The number of nitrogens with zero attached hydrogens (tertiary/aromatic N) is 1. The van der Waals surface area contributed by atoms with Gasteiger partial charge < -0.3 is 42.8 Å².